The van der Waals surface area contributed by atoms with E-state index in [2.05, 4.69) is 10.3 Å². The summed E-state index contributed by atoms with van der Waals surface area (Å²) in [6, 6.07) is 22.7. The van der Waals surface area contributed by atoms with Crippen molar-refractivity contribution in [1.82, 2.24) is 0 Å². The molecule has 4 nitrogen and oxygen atoms in total. The first kappa shape index (κ1) is 19.9. The minimum absolute atomic E-state index is 0.345. The molecular weight excluding hydrogens is 395 g/mol. The largest absolute Gasteiger partial charge is 0.391 e. The highest BCUT2D eigenvalue weighted by Gasteiger charge is 1.99. The second-order valence-corrected chi connectivity index (χ2v) is 6.69. The Labute approximate surface area is 174 Å². The SMILES string of the molecule is Clc1ccccc1C=NOCc1cccc(CON=Cc2ccccc2Cl)c1. The monoisotopic (exact) mass is 412 g/mol. The fourth-order valence-corrected chi connectivity index (χ4v) is 2.75. The molecule has 0 aliphatic carbocycles. The molecule has 3 aromatic rings. The molecule has 142 valence electrons. The maximum Gasteiger partial charge on any atom is 0.142 e. The third-order valence-electron chi connectivity index (χ3n) is 3.80. The van der Waals surface area contributed by atoms with Crippen molar-refractivity contribution in [2.24, 2.45) is 10.3 Å². The molecule has 0 aliphatic heterocycles. The summed E-state index contributed by atoms with van der Waals surface area (Å²) in [4.78, 5) is 10.7. The first-order chi connectivity index (χ1) is 13.7. The first-order valence-electron chi connectivity index (χ1n) is 8.60. The van der Waals surface area contributed by atoms with Gasteiger partial charge < -0.3 is 9.68 Å². The summed E-state index contributed by atoms with van der Waals surface area (Å²) in [5.74, 6) is 0. The van der Waals surface area contributed by atoms with Gasteiger partial charge in [0.1, 0.15) is 13.2 Å². The van der Waals surface area contributed by atoms with E-state index in [-0.39, 0.29) is 0 Å². The molecule has 0 bridgehead atoms. The van der Waals surface area contributed by atoms with Crippen molar-refractivity contribution in [2.75, 3.05) is 0 Å². The van der Waals surface area contributed by atoms with E-state index in [4.69, 9.17) is 32.9 Å². The van der Waals surface area contributed by atoms with Crippen LogP contribution in [0.4, 0.5) is 0 Å². The van der Waals surface area contributed by atoms with Gasteiger partial charge in [0.15, 0.2) is 0 Å². The van der Waals surface area contributed by atoms with Crippen molar-refractivity contribution in [2.45, 2.75) is 13.2 Å². The summed E-state index contributed by atoms with van der Waals surface area (Å²) >= 11 is 12.1. The van der Waals surface area contributed by atoms with Crippen LogP contribution in [0.5, 0.6) is 0 Å². The van der Waals surface area contributed by atoms with Crippen LogP contribution in [0.15, 0.2) is 83.1 Å². The Morgan fingerprint density at radius 2 is 1.11 bits per heavy atom. The maximum absolute atomic E-state index is 6.07. The van der Waals surface area contributed by atoms with Crippen molar-refractivity contribution in [3.05, 3.63) is 105 Å². The van der Waals surface area contributed by atoms with E-state index >= 15 is 0 Å². The molecule has 0 N–H and O–H groups in total. The summed E-state index contributed by atoms with van der Waals surface area (Å²) < 4.78 is 0. The van der Waals surface area contributed by atoms with E-state index in [0.29, 0.717) is 23.3 Å². The van der Waals surface area contributed by atoms with Gasteiger partial charge in [0.25, 0.3) is 0 Å². The molecule has 0 saturated heterocycles. The number of nitrogens with zero attached hydrogens (tertiary/aromatic N) is 2. The zero-order chi connectivity index (χ0) is 19.6. The highest BCUT2D eigenvalue weighted by atomic mass is 35.5. The molecule has 0 heterocycles. The van der Waals surface area contributed by atoms with Gasteiger partial charge in [-0.05, 0) is 29.3 Å². The van der Waals surface area contributed by atoms with Crippen LogP contribution in [0.2, 0.25) is 10.0 Å². The minimum atomic E-state index is 0.345. The van der Waals surface area contributed by atoms with Gasteiger partial charge in [0, 0.05) is 21.2 Å². The topological polar surface area (TPSA) is 43.2 Å². The van der Waals surface area contributed by atoms with Crippen LogP contribution in [0.3, 0.4) is 0 Å². The molecule has 0 radical (unpaired) electrons. The summed E-state index contributed by atoms with van der Waals surface area (Å²) in [5, 5.41) is 9.20. The lowest BCUT2D eigenvalue weighted by molar-refractivity contribution is 0.128. The van der Waals surface area contributed by atoms with Crippen LogP contribution < -0.4 is 0 Å². The zero-order valence-electron chi connectivity index (χ0n) is 15.0. The quantitative estimate of drug-likeness (QED) is 0.331. The molecule has 0 saturated carbocycles. The second kappa shape index (κ2) is 10.5. The van der Waals surface area contributed by atoms with E-state index in [1.165, 1.54) is 0 Å². The van der Waals surface area contributed by atoms with Gasteiger partial charge in [-0.3, -0.25) is 0 Å². The Hall–Kier alpha value is -2.82. The van der Waals surface area contributed by atoms with Gasteiger partial charge in [-0.2, -0.15) is 0 Å². The molecule has 3 aromatic carbocycles. The average Bonchev–Trinajstić information content (AvgIpc) is 2.71. The fraction of sp³-hybridized carbons (Fsp3) is 0.0909. The predicted octanol–water partition coefficient (Wildman–Crippen LogP) is 6.09. The van der Waals surface area contributed by atoms with E-state index in [1.54, 1.807) is 24.6 Å². The van der Waals surface area contributed by atoms with Gasteiger partial charge >= 0.3 is 0 Å². The van der Waals surface area contributed by atoms with E-state index in [1.807, 2.05) is 60.7 Å². The third kappa shape index (κ3) is 6.12. The highest BCUT2D eigenvalue weighted by Crippen LogP contribution is 2.14. The lowest BCUT2D eigenvalue weighted by Crippen LogP contribution is -1.93. The van der Waals surface area contributed by atoms with Gasteiger partial charge in [0.2, 0.25) is 0 Å². The average molecular weight is 413 g/mol. The Balaban J connectivity index is 1.48. The van der Waals surface area contributed by atoms with Gasteiger partial charge in [-0.15, -0.1) is 0 Å². The van der Waals surface area contributed by atoms with Crippen LogP contribution in [0.1, 0.15) is 22.3 Å². The summed E-state index contributed by atoms with van der Waals surface area (Å²) in [6.07, 6.45) is 3.19. The number of oxime groups is 2. The Bertz CT molecular complexity index is 899. The Morgan fingerprint density at radius 3 is 1.57 bits per heavy atom. The number of rotatable bonds is 8. The summed E-state index contributed by atoms with van der Waals surface area (Å²) in [7, 11) is 0. The fourth-order valence-electron chi connectivity index (χ4n) is 2.38. The van der Waals surface area contributed by atoms with Gasteiger partial charge in [-0.25, -0.2) is 0 Å². The number of benzene rings is 3. The van der Waals surface area contributed by atoms with Crippen molar-refractivity contribution < 1.29 is 9.68 Å². The second-order valence-electron chi connectivity index (χ2n) is 5.88. The summed E-state index contributed by atoms with van der Waals surface area (Å²) in [6.45, 7) is 0.690. The highest BCUT2D eigenvalue weighted by molar-refractivity contribution is 6.33. The number of hydrogen-bond acceptors (Lipinski definition) is 4. The van der Waals surface area contributed by atoms with Crippen molar-refractivity contribution in [3.8, 4) is 0 Å². The molecule has 0 aromatic heterocycles. The molecule has 0 fully saturated rings. The van der Waals surface area contributed by atoms with E-state index in [9.17, 15) is 0 Å². The minimum Gasteiger partial charge on any atom is -0.391 e. The Kier molecular flexibility index (Phi) is 7.47. The number of halogens is 2. The van der Waals surface area contributed by atoms with Crippen molar-refractivity contribution in [3.63, 3.8) is 0 Å². The molecule has 28 heavy (non-hydrogen) atoms. The predicted molar refractivity (Wildman–Crippen MR) is 114 cm³/mol. The lowest BCUT2D eigenvalue weighted by atomic mass is 10.1. The maximum atomic E-state index is 6.07. The molecule has 3 rings (SSSR count). The van der Waals surface area contributed by atoms with E-state index in [0.717, 1.165) is 22.3 Å². The van der Waals surface area contributed by atoms with Gasteiger partial charge in [0.05, 0.1) is 12.4 Å². The smallest absolute Gasteiger partial charge is 0.142 e. The lowest BCUT2D eigenvalue weighted by Gasteiger charge is -2.04. The normalized spacial score (nSPS) is 11.2. The molecule has 0 spiro atoms. The van der Waals surface area contributed by atoms with Crippen LogP contribution in [-0.4, -0.2) is 12.4 Å². The molecule has 0 aliphatic rings. The first-order valence-corrected chi connectivity index (χ1v) is 9.35. The van der Waals surface area contributed by atoms with Crippen molar-refractivity contribution in [1.29, 1.82) is 0 Å². The van der Waals surface area contributed by atoms with Crippen LogP contribution in [0.25, 0.3) is 0 Å². The standard InChI is InChI=1S/C22H18Cl2N2O2/c23-21-10-3-1-8-19(21)13-25-27-15-17-6-5-7-18(12-17)16-28-26-14-20-9-2-4-11-22(20)24/h1-14H,15-16H2. The van der Waals surface area contributed by atoms with E-state index < -0.39 is 0 Å². The number of hydrogen-bond donors (Lipinski definition) is 0. The zero-order valence-corrected chi connectivity index (χ0v) is 16.5. The third-order valence-corrected chi connectivity index (χ3v) is 4.49. The van der Waals surface area contributed by atoms with Crippen molar-refractivity contribution >= 4 is 35.6 Å². The molecular formula is C22H18Cl2N2O2. The van der Waals surface area contributed by atoms with Crippen LogP contribution >= 0.6 is 23.2 Å². The molecule has 6 heteroatoms. The molecule has 0 atom stereocenters. The van der Waals surface area contributed by atoms with Gasteiger partial charge in [-0.1, -0.05) is 88.1 Å². The van der Waals surface area contributed by atoms with Crippen LogP contribution in [0, 0.1) is 0 Å². The Morgan fingerprint density at radius 1 is 0.643 bits per heavy atom. The molecule has 0 amide bonds. The molecule has 0 unspecified atom stereocenters. The van der Waals surface area contributed by atoms with Crippen LogP contribution in [-0.2, 0) is 22.9 Å². The summed E-state index contributed by atoms with van der Waals surface area (Å²) in [5.41, 5.74) is 3.57.